The van der Waals surface area contributed by atoms with E-state index >= 15 is 0 Å². The average molecular weight is 177 g/mol. The predicted octanol–water partition coefficient (Wildman–Crippen LogP) is 1.96. The summed E-state index contributed by atoms with van der Waals surface area (Å²) in [4.78, 5) is 11.3. The van der Waals surface area contributed by atoms with Gasteiger partial charge in [0.25, 0.3) is 4.74 Å². The first-order chi connectivity index (χ1) is 5.79. The molecule has 1 aromatic carbocycles. The standard InChI is InChI=1S/C9H7NOS/c1-6-7-4-2-3-5-8(7)9(11)12-10-6/h2-5H,1H3. The first kappa shape index (κ1) is 7.43. The Balaban J connectivity index is 3.05. The van der Waals surface area contributed by atoms with Crippen LogP contribution in [0.25, 0.3) is 10.8 Å². The van der Waals surface area contributed by atoms with Gasteiger partial charge >= 0.3 is 0 Å². The molecule has 0 fully saturated rings. The number of hydrogen-bond acceptors (Lipinski definition) is 3. The molecule has 0 aliphatic heterocycles. The van der Waals surface area contributed by atoms with Crippen LogP contribution in [0.1, 0.15) is 5.69 Å². The second kappa shape index (κ2) is 2.68. The molecule has 0 unspecified atom stereocenters. The van der Waals surface area contributed by atoms with Crippen LogP contribution in [0.5, 0.6) is 0 Å². The van der Waals surface area contributed by atoms with Crippen LogP contribution in [0.4, 0.5) is 0 Å². The number of nitrogens with zero attached hydrogens (tertiary/aromatic N) is 1. The Morgan fingerprint density at radius 1 is 1.25 bits per heavy atom. The molecule has 0 amide bonds. The van der Waals surface area contributed by atoms with Crippen molar-refractivity contribution in [3.63, 3.8) is 0 Å². The molecule has 0 aliphatic carbocycles. The van der Waals surface area contributed by atoms with E-state index in [9.17, 15) is 4.79 Å². The van der Waals surface area contributed by atoms with Gasteiger partial charge in [-0.05, 0) is 13.0 Å². The van der Waals surface area contributed by atoms with Gasteiger partial charge in [0.15, 0.2) is 0 Å². The zero-order chi connectivity index (χ0) is 8.55. The minimum absolute atomic E-state index is 0.0381. The van der Waals surface area contributed by atoms with E-state index in [-0.39, 0.29) is 4.74 Å². The van der Waals surface area contributed by atoms with Gasteiger partial charge in [0.05, 0.1) is 5.69 Å². The van der Waals surface area contributed by atoms with Crippen molar-refractivity contribution in [2.24, 2.45) is 0 Å². The largest absolute Gasteiger partial charge is 0.276 e. The van der Waals surface area contributed by atoms with Crippen molar-refractivity contribution in [3.05, 3.63) is 39.5 Å². The Labute approximate surface area is 73.7 Å². The normalized spacial score (nSPS) is 10.4. The van der Waals surface area contributed by atoms with E-state index < -0.39 is 0 Å². The van der Waals surface area contributed by atoms with Gasteiger partial charge in [0.2, 0.25) is 0 Å². The number of aromatic nitrogens is 1. The third kappa shape index (κ3) is 1.02. The molecule has 60 valence electrons. The summed E-state index contributed by atoms with van der Waals surface area (Å²) in [5, 5.41) is 1.73. The molecule has 0 N–H and O–H groups in total. The topological polar surface area (TPSA) is 30.0 Å². The molecule has 0 atom stereocenters. The van der Waals surface area contributed by atoms with E-state index in [1.165, 1.54) is 0 Å². The van der Waals surface area contributed by atoms with Crippen molar-refractivity contribution < 1.29 is 0 Å². The fraction of sp³-hybridized carbons (Fsp3) is 0.111. The number of rotatable bonds is 0. The Hall–Kier alpha value is -1.22. The number of benzene rings is 1. The van der Waals surface area contributed by atoms with Crippen LogP contribution in [0.2, 0.25) is 0 Å². The van der Waals surface area contributed by atoms with Gasteiger partial charge in [-0.25, -0.2) is 0 Å². The number of fused-ring (bicyclic) bond motifs is 1. The molecule has 12 heavy (non-hydrogen) atoms. The third-order valence-corrected chi connectivity index (χ3v) is 2.55. The fourth-order valence-corrected chi connectivity index (χ4v) is 1.78. The Kier molecular flexibility index (Phi) is 1.66. The van der Waals surface area contributed by atoms with Crippen LogP contribution >= 0.6 is 11.5 Å². The van der Waals surface area contributed by atoms with Crippen molar-refractivity contribution in [2.75, 3.05) is 0 Å². The molecule has 2 aromatic rings. The third-order valence-electron chi connectivity index (χ3n) is 1.80. The van der Waals surface area contributed by atoms with Gasteiger partial charge < -0.3 is 0 Å². The summed E-state index contributed by atoms with van der Waals surface area (Å²) in [7, 11) is 0. The minimum Gasteiger partial charge on any atom is -0.276 e. The number of aryl methyl sites for hydroxylation is 1. The minimum atomic E-state index is 0.0381. The molecule has 0 saturated carbocycles. The van der Waals surface area contributed by atoms with Crippen LogP contribution in [-0.2, 0) is 0 Å². The zero-order valence-electron chi connectivity index (χ0n) is 6.57. The first-order valence-electron chi connectivity index (χ1n) is 3.64. The monoisotopic (exact) mass is 177 g/mol. The molecule has 1 heterocycles. The van der Waals surface area contributed by atoms with Crippen LogP contribution in [0.3, 0.4) is 0 Å². The summed E-state index contributed by atoms with van der Waals surface area (Å²) in [6.45, 7) is 1.91. The summed E-state index contributed by atoms with van der Waals surface area (Å²) in [5.41, 5.74) is 0.926. The van der Waals surface area contributed by atoms with E-state index in [0.717, 1.165) is 28.0 Å². The quantitative estimate of drug-likeness (QED) is 0.615. The molecule has 1 aromatic heterocycles. The van der Waals surface area contributed by atoms with E-state index in [0.29, 0.717) is 0 Å². The van der Waals surface area contributed by atoms with Crippen LogP contribution < -0.4 is 4.74 Å². The first-order valence-corrected chi connectivity index (χ1v) is 4.42. The molecule has 2 rings (SSSR count). The average Bonchev–Trinajstić information content (AvgIpc) is 2.12. The summed E-state index contributed by atoms with van der Waals surface area (Å²) in [5.74, 6) is 0. The fourth-order valence-electron chi connectivity index (χ4n) is 1.18. The van der Waals surface area contributed by atoms with Crippen LogP contribution in [0.15, 0.2) is 29.1 Å². The SMILES string of the molecule is Cc1nsc(=O)c2ccccc12. The van der Waals surface area contributed by atoms with Crippen molar-refractivity contribution in [1.82, 2.24) is 4.37 Å². The van der Waals surface area contributed by atoms with Gasteiger partial charge in [-0.1, -0.05) is 18.2 Å². The lowest BCUT2D eigenvalue weighted by Crippen LogP contribution is -1.97. The molecule has 0 bridgehead atoms. The zero-order valence-corrected chi connectivity index (χ0v) is 7.39. The number of hydrogen-bond donors (Lipinski definition) is 0. The van der Waals surface area contributed by atoms with Crippen LogP contribution in [0, 0.1) is 6.92 Å². The van der Waals surface area contributed by atoms with Crippen molar-refractivity contribution >= 4 is 22.3 Å². The highest BCUT2D eigenvalue weighted by Crippen LogP contribution is 2.12. The van der Waals surface area contributed by atoms with E-state index in [1.807, 2.05) is 31.2 Å². The molecule has 0 spiro atoms. The molecular formula is C9H7NOS. The van der Waals surface area contributed by atoms with E-state index in [1.54, 1.807) is 0 Å². The summed E-state index contributed by atoms with van der Waals surface area (Å²) in [6, 6.07) is 7.55. The Morgan fingerprint density at radius 3 is 2.58 bits per heavy atom. The Bertz CT molecular complexity index is 475. The van der Waals surface area contributed by atoms with Crippen molar-refractivity contribution in [2.45, 2.75) is 6.92 Å². The van der Waals surface area contributed by atoms with Gasteiger partial charge in [-0.2, -0.15) is 4.37 Å². The maximum Gasteiger partial charge on any atom is 0.257 e. The lowest BCUT2D eigenvalue weighted by atomic mass is 10.2. The van der Waals surface area contributed by atoms with Crippen LogP contribution in [-0.4, -0.2) is 4.37 Å². The van der Waals surface area contributed by atoms with Crippen molar-refractivity contribution in [1.29, 1.82) is 0 Å². The highest BCUT2D eigenvalue weighted by atomic mass is 32.1. The summed E-state index contributed by atoms with van der Waals surface area (Å²) < 4.78 is 4.07. The maximum atomic E-state index is 11.3. The molecule has 0 radical (unpaired) electrons. The molecular weight excluding hydrogens is 170 g/mol. The molecule has 0 saturated heterocycles. The smallest absolute Gasteiger partial charge is 0.257 e. The summed E-state index contributed by atoms with van der Waals surface area (Å²) in [6.07, 6.45) is 0. The lowest BCUT2D eigenvalue weighted by Gasteiger charge is -1.96. The van der Waals surface area contributed by atoms with Gasteiger partial charge in [0, 0.05) is 22.3 Å². The summed E-state index contributed by atoms with van der Waals surface area (Å²) >= 11 is 1.02. The van der Waals surface area contributed by atoms with Gasteiger partial charge in [0.1, 0.15) is 0 Å². The van der Waals surface area contributed by atoms with Gasteiger partial charge in [-0.15, -0.1) is 0 Å². The highest BCUT2D eigenvalue weighted by molar-refractivity contribution is 7.03. The maximum absolute atomic E-state index is 11.3. The molecule has 2 nitrogen and oxygen atoms in total. The highest BCUT2D eigenvalue weighted by Gasteiger charge is 2.00. The molecule has 0 aliphatic rings. The predicted molar refractivity (Wildman–Crippen MR) is 50.6 cm³/mol. The second-order valence-electron chi connectivity index (χ2n) is 2.60. The van der Waals surface area contributed by atoms with E-state index in [2.05, 4.69) is 4.37 Å². The van der Waals surface area contributed by atoms with Crippen molar-refractivity contribution in [3.8, 4) is 0 Å². The Morgan fingerprint density at radius 2 is 1.92 bits per heavy atom. The second-order valence-corrected chi connectivity index (χ2v) is 3.34. The molecule has 3 heteroatoms. The van der Waals surface area contributed by atoms with Gasteiger partial charge in [-0.3, -0.25) is 4.79 Å². The van der Waals surface area contributed by atoms with E-state index in [4.69, 9.17) is 0 Å². The lowest BCUT2D eigenvalue weighted by molar-refractivity contribution is 1.35.